The predicted molar refractivity (Wildman–Crippen MR) is 109 cm³/mol. The van der Waals surface area contributed by atoms with E-state index in [1.165, 1.54) is 83.5 Å². The Balaban J connectivity index is 3.21. The molecule has 0 saturated heterocycles. The Hall–Kier alpha value is -0.130. The van der Waals surface area contributed by atoms with Crippen LogP contribution >= 0.6 is 0 Å². The van der Waals surface area contributed by atoms with E-state index in [1.807, 2.05) is 0 Å². The molecule has 0 aromatic carbocycles. The highest BCUT2D eigenvalue weighted by Gasteiger charge is 2.20. The molecule has 0 aromatic heterocycles. The third-order valence-electron chi connectivity index (χ3n) is 5.06. The summed E-state index contributed by atoms with van der Waals surface area (Å²) in [5.74, 6) is 0. The van der Waals surface area contributed by atoms with Crippen molar-refractivity contribution in [3.8, 4) is 0 Å². The SMILES string of the molecule is CCCCCCCCCCCCCCCCCCC(CN)S(=O)(=O)O. The van der Waals surface area contributed by atoms with E-state index in [0.717, 1.165) is 19.3 Å². The van der Waals surface area contributed by atoms with E-state index in [0.29, 0.717) is 6.42 Å². The quantitative estimate of drug-likeness (QED) is 0.218. The van der Waals surface area contributed by atoms with Gasteiger partial charge in [0, 0.05) is 6.54 Å². The third kappa shape index (κ3) is 17.1. The lowest BCUT2D eigenvalue weighted by molar-refractivity contribution is 0.456. The number of unbranched alkanes of at least 4 members (excludes halogenated alkanes) is 15. The number of hydrogen-bond donors (Lipinski definition) is 2. The van der Waals surface area contributed by atoms with Gasteiger partial charge in [-0.05, 0) is 6.42 Å². The first-order valence-electron chi connectivity index (χ1n) is 10.7. The summed E-state index contributed by atoms with van der Waals surface area (Å²) in [4.78, 5) is 0. The molecule has 0 aliphatic rings. The standard InChI is InChI=1S/C20H43NO3S/c1-2-3-4-5-6-7-8-9-10-11-12-13-14-15-16-17-18-20(19-21)25(22,23)24/h20H,2-19,21H2,1H3,(H,22,23,24). The summed E-state index contributed by atoms with van der Waals surface area (Å²) in [6.45, 7) is 2.28. The van der Waals surface area contributed by atoms with Gasteiger partial charge >= 0.3 is 0 Å². The highest BCUT2D eigenvalue weighted by Crippen LogP contribution is 2.15. The van der Waals surface area contributed by atoms with Gasteiger partial charge in [0.05, 0.1) is 5.25 Å². The van der Waals surface area contributed by atoms with Crippen molar-refractivity contribution in [3.05, 3.63) is 0 Å². The van der Waals surface area contributed by atoms with Crippen molar-refractivity contribution >= 4 is 10.1 Å². The van der Waals surface area contributed by atoms with Gasteiger partial charge < -0.3 is 5.73 Å². The molecule has 0 saturated carbocycles. The molecule has 152 valence electrons. The third-order valence-corrected chi connectivity index (χ3v) is 6.33. The van der Waals surface area contributed by atoms with Gasteiger partial charge in [0.2, 0.25) is 0 Å². The van der Waals surface area contributed by atoms with Crippen molar-refractivity contribution in [3.63, 3.8) is 0 Å². The minimum Gasteiger partial charge on any atom is -0.329 e. The molecular weight excluding hydrogens is 334 g/mol. The molecule has 0 aromatic rings. The Morgan fingerprint density at radius 3 is 1.28 bits per heavy atom. The van der Waals surface area contributed by atoms with Gasteiger partial charge in [-0.3, -0.25) is 4.55 Å². The Morgan fingerprint density at radius 2 is 1.00 bits per heavy atom. The second-order valence-electron chi connectivity index (χ2n) is 7.46. The van der Waals surface area contributed by atoms with Crippen molar-refractivity contribution in [1.29, 1.82) is 0 Å². The lowest BCUT2D eigenvalue weighted by atomic mass is 10.0. The van der Waals surface area contributed by atoms with Crippen molar-refractivity contribution in [2.24, 2.45) is 5.73 Å². The molecule has 0 fully saturated rings. The fourth-order valence-corrected chi connectivity index (χ4v) is 4.02. The molecular formula is C20H43NO3S. The maximum Gasteiger partial charge on any atom is 0.269 e. The average molecular weight is 378 g/mol. The molecule has 0 spiro atoms. The van der Waals surface area contributed by atoms with E-state index in [-0.39, 0.29) is 6.54 Å². The molecule has 0 aliphatic carbocycles. The van der Waals surface area contributed by atoms with Crippen LogP contribution in [0.3, 0.4) is 0 Å². The summed E-state index contributed by atoms with van der Waals surface area (Å²) in [5.41, 5.74) is 5.39. The lowest BCUT2D eigenvalue weighted by Gasteiger charge is -2.10. The van der Waals surface area contributed by atoms with Crippen LogP contribution < -0.4 is 5.73 Å². The first kappa shape index (κ1) is 24.9. The van der Waals surface area contributed by atoms with E-state index in [4.69, 9.17) is 10.3 Å². The number of nitrogens with two attached hydrogens (primary N) is 1. The summed E-state index contributed by atoms with van der Waals surface area (Å²) in [6.07, 6.45) is 21.3. The molecule has 0 radical (unpaired) electrons. The van der Waals surface area contributed by atoms with Crippen LogP contribution in [0.25, 0.3) is 0 Å². The van der Waals surface area contributed by atoms with Gasteiger partial charge in [0.1, 0.15) is 0 Å². The van der Waals surface area contributed by atoms with Crippen molar-refractivity contribution < 1.29 is 13.0 Å². The van der Waals surface area contributed by atoms with E-state index in [1.54, 1.807) is 0 Å². The zero-order chi connectivity index (χ0) is 18.8. The maximum atomic E-state index is 11.0. The minimum absolute atomic E-state index is 0.0115. The Morgan fingerprint density at radius 1 is 0.680 bits per heavy atom. The highest BCUT2D eigenvalue weighted by atomic mass is 32.2. The largest absolute Gasteiger partial charge is 0.329 e. The second-order valence-corrected chi connectivity index (χ2v) is 9.16. The number of rotatable bonds is 19. The molecule has 5 heteroatoms. The molecule has 0 amide bonds. The van der Waals surface area contributed by atoms with E-state index < -0.39 is 15.4 Å². The van der Waals surface area contributed by atoms with Crippen LogP contribution in [0, 0.1) is 0 Å². The fourth-order valence-electron chi connectivity index (χ4n) is 3.31. The predicted octanol–water partition coefficient (Wildman–Crippen LogP) is 5.85. The molecule has 4 nitrogen and oxygen atoms in total. The molecule has 3 N–H and O–H groups in total. The zero-order valence-electron chi connectivity index (χ0n) is 16.6. The van der Waals surface area contributed by atoms with Crippen LogP contribution in [0.2, 0.25) is 0 Å². The van der Waals surface area contributed by atoms with Crippen LogP contribution in [-0.4, -0.2) is 24.8 Å². The van der Waals surface area contributed by atoms with E-state index >= 15 is 0 Å². The zero-order valence-corrected chi connectivity index (χ0v) is 17.4. The fraction of sp³-hybridized carbons (Fsp3) is 1.00. The molecule has 25 heavy (non-hydrogen) atoms. The molecule has 0 rings (SSSR count). The molecule has 0 bridgehead atoms. The van der Waals surface area contributed by atoms with Crippen molar-refractivity contribution in [1.82, 2.24) is 0 Å². The Labute approximate surface area is 157 Å². The summed E-state index contributed by atoms with van der Waals surface area (Å²) < 4.78 is 31.1. The molecule has 1 unspecified atom stereocenters. The summed E-state index contributed by atoms with van der Waals surface area (Å²) >= 11 is 0. The average Bonchev–Trinajstić information content (AvgIpc) is 2.56. The topological polar surface area (TPSA) is 80.4 Å². The molecule has 1 atom stereocenters. The number of hydrogen-bond acceptors (Lipinski definition) is 3. The van der Waals surface area contributed by atoms with Crippen LogP contribution in [0.5, 0.6) is 0 Å². The first-order chi connectivity index (χ1) is 12.0. The normalized spacial score (nSPS) is 13.2. The summed E-state index contributed by atoms with van der Waals surface area (Å²) in [7, 11) is -3.96. The van der Waals surface area contributed by atoms with Crippen molar-refractivity contribution in [2.45, 2.75) is 121 Å². The summed E-state index contributed by atoms with van der Waals surface area (Å²) in [5, 5.41) is -0.779. The van der Waals surface area contributed by atoms with Gasteiger partial charge in [0.25, 0.3) is 10.1 Å². The van der Waals surface area contributed by atoms with Crippen LogP contribution in [0.15, 0.2) is 0 Å². The first-order valence-corrected chi connectivity index (χ1v) is 12.2. The van der Waals surface area contributed by atoms with Gasteiger partial charge in [0.15, 0.2) is 0 Å². The highest BCUT2D eigenvalue weighted by molar-refractivity contribution is 7.86. The van der Waals surface area contributed by atoms with Gasteiger partial charge in [-0.15, -0.1) is 0 Å². The molecule has 0 heterocycles. The van der Waals surface area contributed by atoms with Gasteiger partial charge in [-0.2, -0.15) is 8.42 Å². The van der Waals surface area contributed by atoms with E-state index in [2.05, 4.69) is 6.92 Å². The van der Waals surface area contributed by atoms with Crippen LogP contribution in [0.1, 0.15) is 116 Å². The smallest absolute Gasteiger partial charge is 0.269 e. The van der Waals surface area contributed by atoms with Crippen molar-refractivity contribution in [2.75, 3.05) is 6.54 Å². The van der Waals surface area contributed by atoms with E-state index in [9.17, 15) is 8.42 Å². The van der Waals surface area contributed by atoms with Gasteiger partial charge in [-0.25, -0.2) is 0 Å². The Bertz CT molecular complexity index is 371. The van der Waals surface area contributed by atoms with Crippen LogP contribution in [0.4, 0.5) is 0 Å². The van der Waals surface area contributed by atoms with Crippen LogP contribution in [-0.2, 0) is 10.1 Å². The molecule has 0 aliphatic heterocycles. The lowest BCUT2D eigenvalue weighted by Crippen LogP contribution is -2.29. The van der Waals surface area contributed by atoms with Gasteiger partial charge in [-0.1, -0.05) is 110 Å². The maximum absolute atomic E-state index is 11.0. The minimum atomic E-state index is -3.96. The second kappa shape index (κ2) is 17.3. The Kier molecular flexibility index (Phi) is 17.2. The monoisotopic (exact) mass is 377 g/mol. The summed E-state index contributed by atoms with van der Waals surface area (Å²) in [6, 6.07) is 0.